The van der Waals surface area contributed by atoms with E-state index < -0.39 is 0 Å². The zero-order valence-electron chi connectivity index (χ0n) is 8.38. The van der Waals surface area contributed by atoms with Crippen molar-refractivity contribution in [2.45, 2.75) is 43.5 Å². The summed E-state index contributed by atoms with van der Waals surface area (Å²) in [6.07, 6.45) is 4.25. The number of hydrogen-bond donors (Lipinski definition) is 2. The van der Waals surface area contributed by atoms with Crippen LogP contribution in [0.5, 0.6) is 0 Å². The van der Waals surface area contributed by atoms with Crippen molar-refractivity contribution in [1.29, 1.82) is 0 Å². The zero-order chi connectivity index (χ0) is 9.10. The molecular formula is C10H20N2S. The van der Waals surface area contributed by atoms with Crippen molar-refractivity contribution in [1.82, 2.24) is 10.6 Å². The lowest BCUT2D eigenvalue weighted by atomic mass is 10.1. The van der Waals surface area contributed by atoms with Gasteiger partial charge < -0.3 is 10.6 Å². The molecule has 0 spiro atoms. The summed E-state index contributed by atoms with van der Waals surface area (Å²) in [5.74, 6) is 1.27. The third kappa shape index (κ3) is 2.39. The van der Waals surface area contributed by atoms with Gasteiger partial charge in [-0.15, -0.1) is 0 Å². The molecule has 0 aromatic heterocycles. The van der Waals surface area contributed by atoms with Gasteiger partial charge in [-0.3, -0.25) is 0 Å². The third-order valence-electron chi connectivity index (χ3n) is 3.06. The molecule has 1 saturated heterocycles. The fraction of sp³-hybridized carbons (Fsp3) is 1.00. The van der Waals surface area contributed by atoms with Crippen LogP contribution in [0.2, 0.25) is 0 Å². The van der Waals surface area contributed by atoms with Gasteiger partial charge >= 0.3 is 0 Å². The molecule has 76 valence electrons. The molecule has 2 atom stereocenters. The maximum atomic E-state index is 3.77. The molecule has 0 aromatic rings. The fourth-order valence-corrected chi connectivity index (χ4v) is 3.45. The van der Waals surface area contributed by atoms with Crippen LogP contribution in [-0.2, 0) is 0 Å². The van der Waals surface area contributed by atoms with Crippen LogP contribution < -0.4 is 10.6 Å². The van der Waals surface area contributed by atoms with Crippen LogP contribution in [0.4, 0.5) is 0 Å². The average molecular weight is 200 g/mol. The van der Waals surface area contributed by atoms with E-state index in [4.69, 9.17) is 0 Å². The molecule has 0 bridgehead atoms. The van der Waals surface area contributed by atoms with Crippen molar-refractivity contribution in [3.05, 3.63) is 0 Å². The van der Waals surface area contributed by atoms with Crippen LogP contribution in [0, 0.1) is 0 Å². The number of hydrogen-bond acceptors (Lipinski definition) is 3. The van der Waals surface area contributed by atoms with Gasteiger partial charge in [0.15, 0.2) is 0 Å². The number of nitrogens with one attached hydrogen (secondary N) is 2. The Morgan fingerprint density at radius 2 is 2.23 bits per heavy atom. The normalized spacial score (nSPS) is 34.8. The molecule has 2 aliphatic rings. The quantitative estimate of drug-likeness (QED) is 0.713. The lowest BCUT2D eigenvalue weighted by Crippen LogP contribution is -2.58. The van der Waals surface area contributed by atoms with Crippen LogP contribution in [0.1, 0.15) is 26.2 Å². The highest BCUT2D eigenvalue weighted by Gasteiger charge is 2.30. The van der Waals surface area contributed by atoms with E-state index in [-0.39, 0.29) is 0 Å². The van der Waals surface area contributed by atoms with E-state index in [2.05, 4.69) is 29.3 Å². The molecule has 2 fully saturated rings. The SMILES string of the molecule is CCSC1CCCC1NC1CNC1. The lowest BCUT2D eigenvalue weighted by Gasteiger charge is -2.33. The van der Waals surface area contributed by atoms with Gasteiger partial charge in [0.25, 0.3) is 0 Å². The maximum Gasteiger partial charge on any atom is 0.0320 e. The van der Waals surface area contributed by atoms with Crippen molar-refractivity contribution in [2.24, 2.45) is 0 Å². The summed E-state index contributed by atoms with van der Waals surface area (Å²) in [4.78, 5) is 0. The molecular weight excluding hydrogens is 180 g/mol. The molecule has 1 aliphatic heterocycles. The highest BCUT2D eigenvalue weighted by atomic mass is 32.2. The van der Waals surface area contributed by atoms with Crippen LogP contribution in [0.25, 0.3) is 0 Å². The molecule has 2 nitrogen and oxygen atoms in total. The van der Waals surface area contributed by atoms with Gasteiger partial charge in [0.2, 0.25) is 0 Å². The largest absolute Gasteiger partial charge is 0.314 e. The first-order valence-electron chi connectivity index (χ1n) is 5.48. The van der Waals surface area contributed by atoms with Gasteiger partial charge in [0.05, 0.1) is 0 Å². The molecule has 1 saturated carbocycles. The van der Waals surface area contributed by atoms with E-state index in [9.17, 15) is 0 Å². The van der Waals surface area contributed by atoms with Crippen molar-refractivity contribution >= 4 is 11.8 Å². The van der Waals surface area contributed by atoms with Crippen molar-refractivity contribution in [3.63, 3.8) is 0 Å². The van der Waals surface area contributed by atoms with Gasteiger partial charge in [-0.05, 0) is 18.6 Å². The molecule has 2 rings (SSSR count). The molecule has 0 amide bonds. The van der Waals surface area contributed by atoms with E-state index in [1.807, 2.05) is 0 Å². The number of thioether (sulfide) groups is 1. The fourth-order valence-electron chi connectivity index (χ4n) is 2.24. The zero-order valence-corrected chi connectivity index (χ0v) is 9.20. The summed E-state index contributed by atoms with van der Waals surface area (Å²) in [6, 6.07) is 1.57. The minimum Gasteiger partial charge on any atom is -0.314 e. The molecule has 2 unspecified atom stereocenters. The Morgan fingerprint density at radius 3 is 2.85 bits per heavy atom. The summed E-state index contributed by atoms with van der Waals surface area (Å²) >= 11 is 2.14. The van der Waals surface area contributed by atoms with Gasteiger partial charge in [0.1, 0.15) is 0 Å². The van der Waals surface area contributed by atoms with E-state index in [1.54, 1.807) is 0 Å². The van der Waals surface area contributed by atoms with E-state index in [1.165, 1.54) is 38.1 Å². The molecule has 13 heavy (non-hydrogen) atoms. The Hall–Kier alpha value is 0.270. The molecule has 2 N–H and O–H groups in total. The van der Waals surface area contributed by atoms with Crippen LogP contribution in [0.15, 0.2) is 0 Å². The van der Waals surface area contributed by atoms with Gasteiger partial charge in [-0.2, -0.15) is 11.8 Å². The topological polar surface area (TPSA) is 24.1 Å². The Kier molecular flexibility index (Phi) is 3.52. The van der Waals surface area contributed by atoms with Crippen LogP contribution in [-0.4, -0.2) is 36.2 Å². The predicted octanol–water partition coefficient (Wildman–Crippen LogP) is 1.22. The standard InChI is InChI=1S/C10H20N2S/c1-2-13-10-5-3-4-9(10)12-8-6-11-7-8/h8-12H,2-7H2,1H3. The summed E-state index contributed by atoms with van der Waals surface area (Å²) in [5, 5.41) is 7.97. The molecule has 1 aliphatic carbocycles. The summed E-state index contributed by atoms with van der Waals surface area (Å²) in [7, 11) is 0. The number of rotatable bonds is 4. The monoisotopic (exact) mass is 200 g/mol. The Bertz CT molecular complexity index is 159. The smallest absolute Gasteiger partial charge is 0.0320 e. The second kappa shape index (κ2) is 4.67. The van der Waals surface area contributed by atoms with Gasteiger partial charge in [-0.25, -0.2) is 0 Å². The minimum atomic E-state index is 0.767. The lowest BCUT2D eigenvalue weighted by molar-refractivity contribution is 0.331. The predicted molar refractivity (Wildman–Crippen MR) is 59.4 cm³/mol. The molecule has 1 heterocycles. The second-order valence-corrected chi connectivity index (χ2v) is 5.57. The van der Waals surface area contributed by atoms with Gasteiger partial charge in [-0.1, -0.05) is 13.3 Å². The van der Waals surface area contributed by atoms with Crippen molar-refractivity contribution in [3.8, 4) is 0 Å². The van der Waals surface area contributed by atoms with E-state index in [0.717, 1.165) is 17.3 Å². The Labute approximate surface area is 85.2 Å². The Morgan fingerprint density at radius 1 is 1.38 bits per heavy atom. The first-order valence-corrected chi connectivity index (χ1v) is 6.53. The third-order valence-corrected chi connectivity index (χ3v) is 4.39. The van der Waals surface area contributed by atoms with E-state index >= 15 is 0 Å². The average Bonchev–Trinajstić information content (AvgIpc) is 2.46. The highest BCUT2D eigenvalue weighted by molar-refractivity contribution is 7.99. The van der Waals surface area contributed by atoms with Crippen LogP contribution in [0.3, 0.4) is 0 Å². The molecule has 3 heteroatoms. The minimum absolute atomic E-state index is 0.767. The first-order chi connectivity index (χ1) is 6.40. The second-order valence-electron chi connectivity index (χ2n) is 4.05. The first kappa shape index (κ1) is 9.81. The van der Waals surface area contributed by atoms with Crippen LogP contribution >= 0.6 is 11.8 Å². The summed E-state index contributed by atoms with van der Waals surface area (Å²) < 4.78 is 0. The summed E-state index contributed by atoms with van der Waals surface area (Å²) in [6.45, 7) is 4.63. The molecule has 0 aromatic carbocycles. The van der Waals surface area contributed by atoms with Gasteiger partial charge in [0, 0.05) is 30.4 Å². The highest BCUT2D eigenvalue weighted by Crippen LogP contribution is 2.30. The van der Waals surface area contributed by atoms with E-state index in [0.29, 0.717) is 0 Å². The van der Waals surface area contributed by atoms with Crippen molar-refractivity contribution < 1.29 is 0 Å². The Balaban J connectivity index is 1.75. The molecule has 0 radical (unpaired) electrons. The van der Waals surface area contributed by atoms with Crippen molar-refractivity contribution in [2.75, 3.05) is 18.8 Å². The summed E-state index contributed by atoms with van der Waals surface area (Å²) in [5.41, 5.74) is 0. The maximum absolute atomic E-state index is 3.77.